The van der Waals surface area contributed by atoms with Gasteiger partial charge in [-0.05, 0) is 50.9 Å². The molecule has 27 heavy (non-hydrogen) atoms. The third-order valence-corrected chi connectivity index (χ3v) is 6.53. The largest absolute Gasteiger partial charge is 0.357 e. The Morgan fingerprint density at radius 2 is 1.78 bits per heavy atom. The molecule has 1 unspecified atom stereocenters. The minimum absolute atomic E-state index is 0. The van der Waals surface area contributed by atoms with Crippen molar-refractivity contribution >= 4 is 35.8 Å². The molecule has 1 heterocycles. The van der Waals surface area contributed by atoms with Gasteiger partial charge < -0.3 is 15.5 Å². The van der Waals surface area contributed by atoms with Gasteiger partial charge >= 0.3 is 0 Å². The van der Waals surface area contributed by atoms with E-state index in [2.05, 4.69) is 29.4 Å². The summed E-state index contributed by atoms with van der Waals surface area (Å²) >= 11 is 0. The van der Waals surface area contributed by atoms with Crippen LogP contribution in [0.25, 0.3) is 0 Å². The molecule has 0 radical (unpaired) electrons. The van der Waals surface area contributed by atoms with E-state index in [1.165, 1.54) is 38.5 Å². The average Bonchev–Trinajstić information content (AvgIpc) is 3.33. The normalized spacial score (nSPS) is 29.5. The molecule has 0 bridgehead atoms. The molecule has 0 aromatic carbocycles. The topological polar surface area (TPSA) is 56.7 Å². The van der Waals surface area contributed by atoms with E-state index in [1.807, 2.05) is 0 Å². The highest BCUT2D eigenvalue weighted by Gasteiger charge is 2.32. The zero-order chi connectivity index (χ0) is 18.4. The first-order valence-electron chi connectivity index (χ1n) is 11.0. The molecule has 2 saturated carbocycles. The van der Waals surface area contributed by atoms with Crippen LogP contribution in [0.4, 0.5) is 0 Å². The highest BCUT2D eigenvalue weighted by atomic mass is 127. The molecule has 1 aliphatic heterocycles. The number of hydrogen-bond donors (Lipinski definition) is 2. The smallest absolute Gasteiger partial charge is 0.225 e. The van der Waals surface area contributed by atoms with Crippen molar-refractivity contribution in [2.75, 3.05) is 26.2 Å². The lowest BCUT2D eigenvalue weighted by Crippen LogP contribution is -2.45. The number of rotatable bonds is 5. The van der Waals surface area contributed by atoms with Gasteiger partial charge in [0.1, 0.15) is 0 Å². The summed E-state index contributed by atoms with van der Waals surface area (Å²) in [5.41, 5.74) is 0. The lowest BCUT2D eigenvalue weighted by molar-refractivity contribution is -0.134. The highest BCUT2D eigenvalue weighted by molar-refractivity contribution is 14.0. The van der Waals surface area contributed by atoms with Crippen LogP contribution in [0.1, 0.15) is 71.6 Å². The van der Waals surface area contributed by atoms with Gasteiger partial charge in [0, 0.05) is 38.1 Å². The molecule has 1 amide bonds. The second-order valence-electron chi connectivity index (χ2n) is 8.74. The van der Waals surface area contributed by atoms with E-state index in [9.17, 15) is 4.79 Å². The van der Waals surface area contributed by atoms with Gasteiger partial charge in [-0.3, -0.25) is 9.79 Å². The minimum atomic E-state index is 0. The predicted octanol–water partition coefficient (Wildman–Crippen LogP) is 3.78. The first-order chi connectivity index (χ1) is 12.7. The molecule has 2 aliphatic carbocycles. The van der Waals surface area contributed by atoms with Crippen molar-refractivity contribution in [3.63, 3.8) is 0 Å². The Morgan fingerprint density at radius 3 is 2.44 bits per heavy atom. The molecule has 6 heteroatoms. The first-order valence-corrected chi connectivity index (χ1v) is 11.0. The number of carbonyl (C=O) groups excluding carboxylic acids is 1. The number of amides is 1. The maximum absolute atomic E-state index is 12.6. The molecule has 5 nitrogen and oxygen atoms in total. The van der Waals surface area contributed by atoms with Gasteiger partial charge in [0.15, 0.2) is 5.96 Å². The summed E-state index contributed by atoms with van der Waals surface area (Å²) in [6.07, 6.45) is 11.0. The van der Waals surface area contributed by atoms with E-state index in [-0.39, 0.29) is 24.0 Å². The molecule has 1 saturated heterocycles. The molecule has 2 N–H and O–H groups in total. The second kappa shape index (κ2) is 11.5. The quantitative estimate of drug-likeness (QED) is 0.351. The van der Waals surface area contributed by atoms with Crippen molar-refractivity contribution in [1.82, 2.24) is 15.5 Å². The molecule has 0 aromatic rings. The van der Waals surface area contributed by atoms with E-state index in [0.29, 0.717) is 17.9 Å². The van der Waals surface area contributed by atoms with Gasteiger partial charge in [-0.25, -0.2) is 0 Å². The molecule has 156 valence electrons. The van der Waals surface area contributed by atoms with Crippen LogP contribution >= 0.6 is 24.0 Å². The van der Waals surface area contributed by atoms with Crippen molar-refractivity contribution in [3.8, 4) is 0 Å². The van der Waals surface area contributed by atoms with Crippen LogP contribution in [0.3, 0.4) is 0 Å². The van der Waals surface area contributed by atoms with Crippen molar-refractivity contribution in [1.29, 1.82) is 0 Å². The van der Waals surface area contributed by atoms with Gasteiger partial charge in [0.25, 0.3) is 0 Å². The van der Waals surface area contributed by atoms with Crippen molar-refractivity contribution in [2.24, 2.45) is 22.7 Å². The number of guanidine groups is 1. The fourth-order valence-electron chi connectivity index (χ4n) is 4.75. The predicted molar refractivity (Wildman–Crippen MR) is 123 cm³/mol. The molecule has 1 atom stereocenters. The molecule has 0 aromatic heterocycles. The summed E-state index contributed by atoms with van der Waals surface area (Å²) in [4.78, 5) is 19.6. The van der Waals surface area contributed by atoms with E-state index < -0.39 is 0 Å². The Labute approximate surface area is 182 Å². The van der Waals surface area contributed by atoms with E-state index in [4.69, 9.17) is 4.99 Å². The van der Waals surface area contributed by atoms with E-state index >= 15 is 0 Å². The number of carbonyl (C=O) groups is 1. The van der Waals surface area contributed by atoms with Crippen molar-refractivity contribution < 1.29 is 4.79 Å². The number of hydrogen-bond acceptors (Lipinski definition) is 2. The molecule has 3 rings (SSSR count). The molecule has 0 spiro atoms. The summed E-state index contributed by atoms with van der Waals surface area (Å²) in [5, 5.41) is 6.98. The third kappa shape index (κ3) is 6.79. The number of aliphatic imine (C=N–C) groups is 1. The number of likely N-dealkylation sites (tertiary alicyclic amines) is 1. The van der Waals surface area contributed by atoms with Gasteiger partial charge in [-0.2, -0.15) is 0 Å². The fraction of sp³-hybridized carbons (Fsp3) is 0.905. The summed E-state index contributed by atoms with van der Waals surface area (Å²) in [6.45, 7) is 8.02. The second-order valence-corrected chi connectivity index (χ2v) is 8.74. The lowest BCUT2D eigenvalue weighted by atomic mass is 9.83. The summed E-state index contributed by atoms with van der Waals surface area (Å²) in [5.74, 6) is 3.26. The van der Waals surface area contributed by atoms with Crippen LogP contribution < -0.4 is 10.6 Å². The first kappa shape index (κ1) is 22.8. The Kier molecular flexibility index (Phi) is 9.66. The maximum atomic E-state index is 12.6. The van der Waals surface area contributed by atoms with Crippen molar-refractivity contribution in [2.45, 2.75) is 77.7 Å². The van der Waals surface area contributed by atoms with E-state index in [0.717, 1.165) is 63.2 Å². The van der Waals surface area contributed by atoms with Crippen LogP contribution in [0, 0.1) is 17.8 Å². The molecule has 3 fully saturated rings. The number of nitrogens with one attached hydrogen (secondary N) is 2. The van der Waals surface area contributed by atoms with Gasteiger partial charge in [0.05, 0.1) is 0 Å². The van der Waals surface area contributed by atoms with Gasteiger partial charge in [0.2, 0.25) is 5.91 Å². The minimum Gasteiger partial charge on any atom is -0.357 e. The van der Waals surface area contributed by atoms with Crippen molar-refractivity contribution in [3.05, 3.63) is 0 Å². The molecular weight excluding hydrogens is 451 g/mol. The molecular formula is C21H39IN4O. The molecule has 3 aliphatic rings. The maximum Gasteiger partial charge on any atom is 0.225 e. The Morgan fingerprint density at radius 1 is 1.07 bits per heavy atom. The van der Waals surface area contributed by atoms with Gasteiger partial charge in [-0.15, -0.1) is 24.0 Å². The monoisotopic (exact) mass is 490 g/mol. The Bertz CT molecular complexity index is 485. The van der Waals surface area contributed by atoms with Crippen LogP contribution in [-0.4, -0.2) is 49.0 Å². The zero-order valence-corrected chi connectivity index (χ0v) is 19.5. The van der Waals surface area contributed by atoms with Crippen LogP contribution in [0.2, 0.25) is 0 Å². The number of halogens is 1. The summed E-state index contributed by atoms with van der Waals surface area (Å²) in [7, 11) is 0. The summed E-state index contributed by atoms with van der Waals surface area (Å²) < 4.78 is 0. The SMILES string of the molecule is CCNC(=NCC1CCC(C)CC1)NC1CCN(C(=O)C2CCCC2)C1.I. The zero-order valence-electron chi connectivity index (χ0n) is 17.2. The van der Waals surface area contributed by atoms with Crippen LogP contribution in [-0.2, 0) is 4.79 Å². The summed E-state index contributed by atoms with van der Waals surface area (Å²) in [6, 6.07) is 0.338. The average molecular weight is 490 g/mol. The highest BCUT2D eigenvalue weighted by Crippen LogP contribution is 2.29. The van der Waals surface area contributed by atoms with Gasteiger partial charge in [-0.1, -0.05) is 32.6 Å². The number of nitrogens with zero attached hydrogens (tertiary/aromatic N) is 2. The van der Waals surface area contributed by atoms with Crippen LogP contribution in [0.5, 0.6) is 0 Å². The third-order valence-electron chi connectivity index (χ3n) is 6.53. The van der Waals surface area contributed by atoms with E-state index in [1.54, 1.807) is 0 Å². The lowest BCUT2D eigenvalue weighted by Gasteiger charge is -2.25. The Balaban J connectivity index is 0.00000261. The van der Waals surface area contributed by atoms with Crippen LogP contribution in [0.15, 0.2) is 4.99 Å². The standard InChI is InChI=1S/C21H38N4O.HI/c1-3-22-21(23-14-17-10-8-16(2)9-11-17)24-19-12-13-25(15-19)20(26)18-6-4-5-7-18;/h16-19H,3-15H2,1-2H3,(H2,22,23,24);1H. The Hall–Kier alpha value is -0.530. The fourth-order valence-corrected chi connectivity index (χ4v) is 4.75.